The Balaban J connectivity index is 1.63. The SMILES string of the molecule is CCOC(=O)C1CCCN(C(=O)Cc2cc(-c3ccccc3F)on2)C1. The smallest absolute Gasteiger partial charge is 0.310 e. The molecule has 1 saturated heterocycles. The lowest BCUT2D eigenvalue weighted by atomic mass is 9.98. The van der Waals surface area contributed by atoms with Crippen LogP contribution in [0.15, 0.2) is 34.9 Å². The van der Waals surface area contributed by atoms with Gasteiger partial charge in [-0.15, -0.1) is 0 Å². The van der Waals surface area contributed by atoms with Crippen molar-refractivity contribution in [3.05, 3.63) is 41.8 Å². The van der Waals surface area contributed by atoms with Gasteiger partial charge in [0.15, 0.2) is 5.76 Å². The Morgan fingerprint density at radius 1 is 1.38 bits per heavy atom. The molecular weight excluding hydrogens is 339 g/mol. The highest BCUT2D eigenvalue weighted by Crippen LogP contribution is 2.24. The van der Waals surface area contributed by atoms with E-state index in [1.165, 1.54) is 6.07 Å². The van der Waals surface area contributed by atoms with Crippen molar-refractivity contribution in [1.29, 1.82) is 0 Å². The van der Waals surface area contributed by atoms with E-state index in [-0.39, 0.29) is 30.0 Å². The second-order valence-corrected chi connectivity index (χ2v) is 6.27. The zero-order valence-corrected chi connectivity index (χ0v) is 14.6. The van der Waals surface area contributed by atoms with E-state index in [2.05, 4.69) is 5.16 Å². The number of amides is 1. The third kappa shape index (κ3) is 4.09. The highest BCUT2D eigenvalue weighted by atomic mass is 19.1. The summed E-state index contributed by atoms with van der Waals surface area (Å²) in [5, 5.41) is 3.87. The second-order valence-electron chi connectivity index (χ2n) is 6.27. The normalized spacial score (nSPS) is 17.2. The first-order chi connectivity index (χ1) is 12.6. The summed E-state index contributed by atoms with van der Waals surface area (Å²) in [7, 11) is 0. The van der Waals surface area contributed by atoms with Gasteiger partial charge in [-0.25, -0.2) is 4.39 Å². The molecule has 3 rings (SSSR count). The van der Waals surface area contributed by atoms with E-state index in [0.29, 0.717) is 31.0 Å². The summed E-state index contributed by atoms with van der Waals surface area (Å²) in [6.45, 7) is 3.06. The zero-order valence-electron chi connectivity index (χ0n) is 14.6. The van der Waals surface area contributed by atoms with Gasteiger partial charge in [0.05, 0.1) is 30.2 Å². The molecule has 1 unspecified atom stereocenters. The van der Waals surface area contributed by atoms with Crippen molar-refractivity contribution in [2.45, 2.75) is 26.2 Å². The van der Waals surface area contributed by atoms with Crippen LogP contribution in [0.3, 0.4) is 0 Å². The van der Waals surface area contributed by atoms with E-state index in [4.69, 9.17) is 9.26 Å². The summed E-state index contributed by atoms with van der Waals surface area (Å²) >= 11 is 0. The van der Waals surface area contributed by atoms with Crippen LogP contribution >= 0.6 is 0 Å². The number of ether oxygens (including phenoxy) is 1. The van der Waals surface area contributed by atoms with Gasteiger partial charge in [-0.05, 0) is 31.9 Å². The van der Waals surface area contributed by atoms with Gasteiger partial charge < -0.3 is 14.2 Å². The Kier molecular flexibility index (Phi) is 5.65. The fourth-order valence-electron chi connectivity index (χ4n) is 3.11. The van der Waals surface area contributed by atoms with E-state index >= 15 is 0 Å². The second kappa shape index (κ2) is 8.12. The summed E-state index contributed by atoms with van der Waals surface area (Å²) in [6.07, 6.45) is 1.53. The van der Waals surface area contributed by atoms with Gasteiger partial charge >= 0.3 is 5.97 Å². The number of esters is 1. The molecule has 1 aliphatic rings. The first-order valence-electron chi connectivity index (χ1n) is 8.73. The highest BCUT2D eigenvalue weighted by Gasteiger charge is 2.29. The maximum atomic E-state index is 13.8. The number of likely N-dealkylation sites (tertiary alicyclic amines) is 1. The topological polar surface area (TPSA) is 72.6 Å². The summed E-state index contributed by atoms with van der Waals surface area (Å²) in [6, 6.07) is 7.80. The molecule has 1 aromatic carbocycles. The Labute approximate surface area is 150 Å². The quantitative estimate of drug-likeness (QED) is 0.767. The van der Waals surface area contributed by atoms with Crippen molar-refractivity contribution in [3.8, 4) is 11.3 Å². The lowest BCUT2D eigenvalue weighted by Gasteiger charge is -2.31. The minimum atomic E-state index is -0.408. The average molecular weight is 360 g/mol. The van der Waals surface area contributed by atoms with Crippen molar-refractivity contribution in [3.63, 3.8) is 0 Å². The molecule has 7 heteroatoms. The Hall–Kier alpha value is -2.70. The number of benzene rings is 1. The standard InChI is InChI=1S/C19H21FN2O4/c1-2-25-19(24)13-6-5-9-22(12-13)18(23)11-14-10-17(26-21-14)15-7-3-4-8-16(15)20/h3-4,7-8,10,13H,2,5-6,9,11-12H2,1H3. The molecule has 0 saturated carbocycles. The monoisotopic (exact) mass is 360 g/mol. The molecule has 1 aliphatic heterocycles. The number of rotatable bonds is 5. The number of carbonyl (C=O) groups is 2. The first kappa shape index (κ1) is 18.1. The average Bonchev–Trinajstić information content (AvgIpc) is 3.10. The molecule has 2 heterocycles. The number of aromatic nitrogens is 1. The molecule has 1 fully saturated rings. The van der Waals surface area contributed by atoms with Crippen LogP contribution in [0.25, 0.3) is 11.3 Å². The predicted molar refractivity (Wildman–Crippen MR) is 91.5 cm³/mol. The zero-order chi connectivity index (χ0) is 18.5. The summed E-state index contributed by atoms with van der Waals surface area (Å²) in [5.74, 6) is -0.789. The van der Waals surface area contributed by atoms with Gasteiger partial charge in [-0.3, -0.25) is 9.59 Å². The lowest BCUT2D eigenvalue weighted by Crippen LogP contribution is -2.43. The van der Waals surface area contributed by atoms with Crippen LogP contribution in [0, 0.1) is 11.7 Å². The van der Waals surface area contributed by atoms with Gasteiger partial charge in [0, 0.05) is 19.2 Å². The largest absolute Gasteiger partial charge is 0.466 e. The van der Waals surface area contributed by atoms with Crippen LogP contribution in [0.2, 0.25) is 0 Å². The molecule has 0 radical (unpaired) electrons. The number of piperidine rings is 1. The number of halogens is 1. The molecule has 138 valence electrons. The number of nitrogens with zero attached hydrogens (tertiary/aromatic N) is 2. The van der Waals surface area contributed by atoms with Gasteiger partial charge in [0.1, 0.15) is 5.82 Å². The minimum absolute atomic E-state index is 0.0491. The lowest BCUT2D eigenvalue weighted by molar-refractivity contribution is -0.151. The molecule has 0 spiro atoms. The molecule has 1 aromatic heterocycles. The van der Waals surface area contributed by atoms with Gasteiger partial charge in [0.25, 0.3) is 0 Å². The van der Waals surface area contributed by atoms with Crippen LogP contribution < -0.4 is 0 Å². The number of hydrogen-bond donors (Lipinski definition) is 0. The van der Waals surface area contributed by atoms with Crippen molar-refractivity contribution in [2.24, 2.45) is 5.92 Å². The highest BCUT2D eigenvalue weighted by molar-refractivity contribution is 5.80. The van der Waals surface area contributed by atoms with Crippen LogP contribution in [0.5, 0.6) is 0 Å². The van der Waals surface area contributed by atoms with Gasteiger partial charge in [-0.1, -0.05) is 17.3 Å². The van der Waals surface area contributed by atoms with Crippen molar-refractivity contribution in [2.75, 3.05) is 19.7 Å². The van der Waals surface area contributed by atoms with E-state index in [9.17, 15) is 14.0 Å². The van der Waals surface area contributed by atoms with Crippen LogP contribution in [0.1, 0.15) is 25.5 Å². The first-order valence-corrected chi connectivity index (χ1v) is 8.73. The fraction of sp³-hybridized carbons (Fsp3) is 0.421. The number of carbonyl (C=O) groups excluding carboxylic acids is 2. The molecule has 0 aliphatic carbocycles. The Morgan fingerprint density at radius 2 is 2.19 bits per heavy atom. The molecule has 1 atom stereocenters. The number of hydrogen-bond acceptors (Lipinski definition) is 5. The molecule has 2 aromatic rings. The van der Waals surface area contributed by atoms with E-state index in [1.807, 2.05) is 0 Å². The van der Waals surface area contributed by atoms with Gasteiger partial charge in [0.2, 0.25) is 5.91 Å². The third-order valence-corrected chi connectivity index (χ3v) is 4.42. The maximum Gasteiger partial charge on any atom is 0.310 e. The van der Waals surface area contributed by atoms with Crippen LogP contribution in [-0.2, 0) is 20.7 Å². The summed E-state index contributed by atoms with van der Waals surface area (Å²) in [5.41, 5.74) is 0.741. The summed E-state index contributed by atoms with van der Waals surface area (Å²) in [4.78, 5) is 26.1. The molecule has 0 N–H and O–H groups in total. The molecule has 26 heavy (non-hydrogen) atoms. The molecular formula is C19H21FN2O4. The van der Waals surface area contributed by atoms with E-state index in [0.717, 1.165) is 12.8 Å². The maximum absolute atomic E-state index is 13.8. The van der Waals surface area contributed by atoms with Crippen molar-refractivity contribution in [1.82, 2.24) is 10.1 Å². The van der Waals surface area contributed by atoms with Crippen LogP contribution in [0.4, 0.5) is 4.39 Å². The van der Waals surface area contributed by atoms with Crippen LogP contribution in [-0.4, -0.2) is 41.6 Å². The van der Waals surface area contributed by atoms with Crippen molar-refractivity contribution >= 4 is 11.9 Å². The van der Waals surface area contributed by atoms with E-state index < -0.39 is 5.82 Å². The predicted octanol–water partition coefficient (Wildman–Crippen LogP) is 2.82. The molecule has 1 amide bonds. The van der Waals surface area contributed by atoms with E-state index in [1.54, 1.807) is 36.1 Å². The molecule has 0 bridgehead atoms. The fourth-order valence-corrected chi connectivity index (χ4v) is 3.11. The Morgan fingerprint density at radius 3 is 2.96 bits per heavy atom. The molecule has 6 nitrogen and oxygen atoms in total. The minimum Gasteiger partial charge on any atom is -0.466 e. The Bertz CT molecular complexity index is 789. The van der Waals surface area contributed by atoms with Crippen molar-refractivity contribution < 1.29 is 23.2 Å². The van der Waals surface area contributed by atoms with Gasteiger partial charge in [-0.2, -0.15) is 0 Å². The third-order valence-electron chi connectivity index (χ3n) is 4.42. The summed E-state index contributed by atoms with van der Waals surface area (Å²) < 4.78 is 24.0.